The third-order valence-electron chi connectivity index (χ3n) is 3.41. The van der Waals surface area contributed by atoms with E-state index in [1.807, 2.05) is 0 Å². The van der Waals surface area contributed by atoms with Crippen LogP contribution in [0.1, 0.15) is 32.1 Å². The molecule has 0 aromatic heterocycles. The zero-order chi connectivity index (χ0) is 8.84. The minimum Gasteiger partial charge on any atom is -0.390 e. The molecule has 0 spiro atoms. The maximum atomic E-state index is 9.70. The van der Waals surface area contributed by atoms with E-state index >= 15 is 0 Å². The first-order valence-electron chi connectivity index (χ1n) is 5.33. The van der Waals surface area contributed by atoms with Crippen molar-refractivity contribution >= 4 is 0 Å². The molecule has 2 heterocycles. The SMILES string of the molecule is OC1CCC2OC2CCCC2OC12. The van der Waals surface area contributed by atoms with Crippen LogP contribution in [0, 0.1) is 0 Å². The summed E-state index contributed by atoms with van der Waals surface area (Å²) in [7, 11) is 0. The van der Waals surface area contributed by atoms with Gasteiger partial charge >= 0.3 is 0 Å². The van der Waals surface area contributed by atoms with Crippen molar-refractivity contribution in [2.75, 3.05) is 0 Å². The highest BCUT2D eigenvalue weighted by molar-refractivity contribution is 4.95. The lowest BCUT2D eigenvalue weighted by atomic mass is 9.99. The maximum absolute atomic E-state index is 9.70. The first-order chi connectivity index (χ1) is 6.34. The average molecular weight is 184 g/mol. The van der Waals surface area contributed by atoms with Crippen molar-refractivity contribution < 1.29 is 14.6 Å². The van der Waals surface area contributed by atoms with E-state index < -0.39 is 0 Å². The summed E-state index contributed by atoms with van der Waals surface area (Å²) in [6.07, 6.45) is 6.55. The van der Waals surface area contributed by atoms with E-state index in [1.54, 1.807) is 0 Å². The molecule has 3 rings (SSSR count). The lowest BCUT2D eigenvalue weighted by Crippen LogP contribution is -2.18. The number of hydrogen-bond acceptors (Lipinski definition) is 3. The molecule has 74 valence electrons. The molecule has 3 nitrogen and oxygen atoms in total. The molecule has 1 aliphatic carbocycles. The maximum Gasteiger partial charge on any atom is 0.110 e. The Morgan fingerprint density at radius 2 is 1.62 bits per heavy atom. The second-order valence-electron chi connectivity index (χ2n) is 4.43. The molecule has 1 N–H and O–H groups in total. The Hall–Kier alpha value is -0.120. The van der Waals surface area contributed by atoms with Crippen LogP contribution in [0.2, 0.25) is 0 Å². The van der Waals surface area contributed by atoms with Crippen LogP contribution < -0.4 is 0 Å². The molecule has 3 fully saturated rings. The number of fused-ring (bicyclic) bond motifs is 2. The fraction of sp³-hybridized carbons (Fsp3) is 1.00. The molecule has 1 saturated carbocycles. The standard InChI is InChI=1S/C10H16O3/c11-6-4-5-8-7(12-8)2-1-3-9-10(6)13-9/h6-11H,1-5H2. The molecule has 0 aromatic rings. The fourth-order valence-corrected chi connectivity index (χ4v) is 2.43. The molecule has 2 saturated heterocycles. The highest BCUT2D eigenvalue weighted by Crippen LogP contribution is 2.38. The van der Waals surface area contributed by atoms with Gasteiger partial charge in [-0.1, -0.05) is 0 Å². The third kappa shape index (κ3) is 1.60. The van der Waals surface area contributed by atoms with Crippen molar-refractivity contribution in [2.24, 2.45) is 0 Å². The predicted octanol–water partition coefficient (Wildman–Crippen LogP) is 0.846. The van der Waals surface area contributed by atoms with Gasteiger partial charge in [0.1, 0.15) is 6.10 Å². The van der Waals surface area contributed by atoms with Gasteiger partial charge < -0.3 is 14.6 Å². The van der Waals surface area contributed by atoms with Crippen LogP contribution in [0.4, 0.5) is 0 Å². The molecule has 2 aliphatic heterocycles. The predicted molar refractivity (Wildman–Crippen MR) is 46.4 cm³/mol. The van der Waals surface area contributed by atoms with E-state index in [2.05, 4.69) is 0 Å². The Morgan fingerprint density at radius 3 is 2.54 bits per heavy atom. The molecular formula is C10H16O3. The molecule has 5 atom stereocenters. The minimum absolute atomic E-state index is 0.148. The summed E-state index contributed by atoms with van der Waals surface area (Å²) in [6.45, 7) is 0. The van der Waals surface area contributed by atoms with Crippen LogP contribution >= 0.6 is 0 Å². The summed E-state index contributed by atoms with van der Waals surface area (Å²) in [4.78, 5) is 0. The second kappa shape index (κ2) is 2.94. The van der Waals surface area contributed by atoms with E-state index in [9.17, 15) is 5.11 Å². The van der Waals surface area contributed by atoms with Crippen molar-refractivity contribution in [1.29, 1.82) is 0 Å². The molecule has 3 aliphatic rings. The molecule has 5 unspecified atom stereocenters. The van der Waals surface area contributed by atoms with E-state index in [-0.39, 0.29) is 12.2 Å². The van der Waals surface area contributed by atoms with Crippen molar-refractivity contribution in [3.63, 3.8) is 0 Å². The van der Waals surface area contributed by atoms with Crippen molar-refractivity contribution in [1.82, 2.24) is 0 Å². The van der Waals surface area contributed by atoms with Crippen LogP contribution in [-0.4, -0.2) is 35.6 Å². The normalized spacial score (nSPS) is 54.7. The number of ether oxygens (including phenoxy) is 2. The lowest BCUT2D eigenvalue weighted by molar-refractivity contribution is 0.121. The topological polar surface area (TPSA) is 45.3 Å². The molecule has 0 aromatic carbocycles. The van der Waals surface area contributed by atoms with Gasteiger partial charge in [-0.2, -0.15) is 0 Å². The number of rotatable bonds is 0. The summed E-state index contributed by atoms with van der Waals surface area (Å²) in [5, 5.41) is 9.70. The second-order valence-corrected chi connectivity index (χ2v) is 4.43. The number of hydrogen-bond donors (Lipinski definition) is 1. The number of epoxide rings is 2. The highest BCUT2D eigenvalue weighted by atomic mass is 16.6. The van der Waals surface area contributed by atoms with E-state index in [4.69, 9.17) is 9.47 Å². The summed E-state index contributed by atoms with van der Waals surface area (Å²) >= 11 is 0. The monoisotopic (exact) mass is 184 g/mol. The largest absolute Gasteiger partial charge is 0.390 e. The Balaban J connectivity index is 1.59. The quantitative estimate of drug-likeness (QED) is 0.567. The van der Waals surface area contributed by atoms with Gasteiger partial charge in [-0.05, 0) is 32.1 Å². The molecule has 3 heteroatoms. The third-order valence-corrected chi connectivity index (χ3v) is 3.41. The van der Waals surface area contributed by atoms with Gasteiger partial charge in [0.05, 0.1) is 24.4 Å². The number of aliphatic hydroxyl groups is 1. The highest BCUT2D eigenvalue weighted by Gasteiger charge is 2.47. The van der Waals surface area contributed by atoms with Gasteiger partial charge in [-0.15, -0.1) is 0 Å². The Bertz CT molecular complexity index is 206. The van der Waals surface area contributed by atoms with Crippen LogP contribution in [0.15, 0.2) is 0 Å². The van der Waals surface area contributed by atoms with Crippen LogP contribution in [0.5, 0.6) is 0 Å². The van der Waals surface area contributed by atoms with E-state index in [0.29, 0.717) is 18.3 Å². The Labute approximate surface area is 78.0 Å². The van der Waals surface area contributed by atoms with E-state index in [0.717, 1.165) is 19.3 Å². The molecule has 0 radical (unpaired) electrons. The molecule has 0 bridgehead atoms. The zero-order valence-corrected chi connectivity index (χ0v) is 7.69. The van der Waals surface area contributed by atoms with Gasteiger partial charge in [0.25, 0.3) is 0 Å². The van der Waals surface area contributed by atoms with E-state index in [1.165, 1.54) is 12.8 Å². The molecular weight excluding hydrogens is 168 g/mol. The Kier molecular flexibility index (Phi) is 1.86. The van der Waals surface area contributed by atoms with Gasteiger partial charge in [-0.25, -0.2) is 0 Å². The summed E-state index contributed by atoms with van der Waals surface area (Å²) in [6, 6.07) is 0. The van der Waals surface area contributed by atoms with Crippen LogP contribution in [0.3, 0.4) is 0 Å². The first-order valence-corrected chi connectivity index (χ1v) is 5.33. The van der Waals surface area contributed by atoms with Crippen LogP contribution in [0.25, 0.3) is 0 Å². The van der Waals surface area contributed by atoms with Crippen molar-refractivity contribution in [3.05, 3.63) is 0 Å². The molecule has 0 amide bonds. The molecule has 13 heavy (non-hydrogen) atoms. The van der Waals surface area contributed by atoms with Gasteiger partial charge in [0.2, 0.25) is 0 Å². The zero-order valence-electron chi connectivity index (χ0n) is 7.69. The van der Waals surface area contributed by atoms with Gasteiger partial charge in [0.15, 0.2) is 0 Å². The summed E-state index contributed by atoms with van der Waals surface area (Å²) in [5.74, 6) is 0. The summed E-state index contributed by atoms with van der Waals surface area (Å²) in [5.41, 5.74) is 0. The first kappa shape index (κ1) is 8.21. The fourth-order valence-electron chi connectivity index (χ4n) is 2.43. The van der Waals surface area contributed by atoms with Crippen LogP contribution in [-0.2, 0) is 9.47 Å². The average Bonchev–Trinajstić information content (AvgIpc) is 2.94. The lowest BCUT2D eigenvalue weighted by Gasteiger charge is -2.07. The van der Waals surface area contributed by atoms with Gasteiger partial charge in [0, 0.05) is 0 Å². The minimum atomic E-state index is -0.243. The van der Waals surface area contributed by atoms with Crippen molar-refractivity contribution in [3.8, 4) is 0 Å². The Morgan fingerprint density at radius 1 is 0.846 bits per heavy atom. The smallest absolute Gasteiger partial charge is 0.110 e. The number of aliphatic hydroxyl groups excluding tert-OH is 1. The summed E-state index contributed by atoms with van der Waals surface area (Å²) < 4.78 is 10.9. The van der Waals surface area contributed by atoms with Crippen molar-refractivity contribution in [2.45, 2.75) is 62.6 Å². The van der Waals surface area contributed by atoms with Gasteiger partial charge in [-0.3, -0.25) is 0 Å².